The third kappa shape index (κ3) is 2.64. The molecule has 0 fully saturated rings. The number of benzene rings is 2. The number of fused-ring (bicyclic) bond motifs is 1. The second-order valence-corrected chi connectivity index (χ2v) is 5.43. The Balaban J connectivity index is 2.02. The van der Waals surface area contributed by atoms with E-state index in [1.807, 2.05) is 0 Å². The van der Waals surface area contributed by atoms with Crippen molar-refractivity contribution in [3.63, 3.8) is 0 Å². The molecule has 0 saturated heterocycles. The first kappa shape index (κ1) is 14.0. The van der Waals surface area contributed by atoms with Crippen LogP contribution in [0.4, 0.5) is 4.39 Å². The van der Waals surface area contributed by atoms with E-state index in [1.165, 1.54) is 18.2 Å². The molecule has 0 radical (unpaired) electrons. The highest BCUT2D eigenvalue weighted by Gasteiger charge is 2.21. The predicted octanol–water partition coefficient (Wildman–Crippen LogP) is 2.85. The SMILES string of the molecule is O=C1NCCc2ccc(C(O)c3cc(Cl)ccc3F)cc21. The van der Waals surface area contributed by atoms with E-state index in [-0.39, 0.29) is 11.5 Å². The summed E-state index contributed by atoms with van der Waals surface area (Å²) in [4.78, 5) is 11.8. The van der Waals surface area contributed by atoms with Crippen molar-refractivity contribution in [2.45, 2.75) is 12.5 Å². The van der Waals surface area contributed by atoms with E-state index in [4.69, 9.17) is 11.6 Å². The van der Waals surface area contributed by atoms with Gasteiger partial charge in [-0.25, -0.2) is 4.39 Å². The van der Waals surface area contributed by atoms with Crippen molar-refractivity contribution in [2.75, 3.05) is 6.54 Å². The molecule has 0 spiro atoms. The molecule has 1 amide bonds. The lowest BCUT2D eigenvalue weighted by Gasteiger charge is -2.19. The van der Waals surface area contributed by atoms with Crippen LogP contribution >= 0.6 is 11.6 Å². The highest BCUT2D eigenvalue weighted by molar-refractivity contribution is 6.30. The summed E-state index contributed by atoms with van der Waals surface area (Å²) < 4.78 is 13.8. The van der Waals surface area contributed by atoms with Crippen LogP contribution in [-0.4, -0.2) is 17.6 Å². The molecular formula is C16H13ClFNO2. The molecule has 1 unspecified atom stereocenters. The maximum absolute atomic E-state index is 13.8. The first-order valence-corrected chi connectivity index (χ1v) is 6.98. The lowest BCUT2D eigenvalue weighted by molar-refractivity contribution is 0.0945. The fourth-order valence-corrected chi connectivity index (χ4v) is 2.68. The van der Waals surface area contributed by atoms with Gasteiger partial charge in [-0.05, 0) is 41.8 Å². The summed E-state index contributed by atoms with van der Waals surface area (Å²) >= 11 is 5.84. The summed E-state index contributed by atoms with van der Waals surface area (Å²) in [6.45, 7) is 0.608. The van der Waals surface area contributed by atoms with Crippen LogP contribution in [-0.2, 0) is 6.42 Å². The van der Waals surface area contributed by atoms with Gasteiger partial charge in [-0.1, -0.05) is 23.7 Å². The van der Waals surface area contributed by atoms with Crippen molar-refractivity contribution >= 4 is 17.5 Å². The van der Waals surface area contributed by atoms with Gasteiger partial charge in [0.15, 0.2) is 0 Å². The molecule has 2 aromatic carbocycles. The second-order valence-electron chi connectivity index (χ2n) is 4.99. The molecular weight excluding hydrogens is 293 g/mol. The molecule has 0 aliphatic carbocycles. The van der Waals surface area contributed by atoms with Crippen LogP contribution < -0.4 is 5.32 Å². The number of hydrogen-bond donors (Lipinski definition) is 2. The Labute approximate surface area is 126 Å². The van der Waals surface area contributed by atoms with Crippen molar-refractivity contribution in [1.82, 2.24) is 5.32 Å². The molecule has 0 bridgehead atoms. The molecule has 3 nitrogen and oxygen atoms in total. The van der Waals surface area contributed by atoms with E-state index >= 15 is 0 Å². The molecule has 2 N–H and O–H groups in total. The van der Waals surface area contributed by atoms with Crippen LogP contribution in [0.15, 0.2) is 36.4 Å². The van der Waals surface area contributed by atoms with E-state index in [1.54, 1.807) is 18.2 Å². The van der Waals surface area contributed by atoms with Crippen molar-refractivity contribution in [1.29, 1.82) is 0 Å². The van der Waals surface area contributed by atoms with Gasteiger partial charge in [-0.3, -0.25) is 4.79 Å². The normalized spacial score (nSPS) is 15.3. The van der Waals surface area contributed by atoms with Crippen molar-refractivity contribution in [2.24, 2.45) is 0 Å². The Morgan fingerprint density at radius 1 is 1.24 bits per heavy atom. The molecule has 1 atom stereocenters. The predicted molar refractivity (Wildman–Crippen MR) is 78.0 cm³/mol. The van der Waals surface area contributed by atoms with Gasteiger partial charge in [-0.15, -0.1) is 0 Å². The lowest BCUT2D eigenvalue weighted by atomic mass is 9.93. The summed E-state index contributed by atoms with van der Waals surface area (Å²) in [5.74, 6) is -0.703. The number of rotatable bonds is 2. The molecule has 5 heteroatoms. The smallest absolute Gasteiger partial charge is 0.251 e. The van der Waals surface area contributed by atoms with Gasteiger partial charge in [0.05, 0.1) is 0 Å². The Morgan fingerprint density at radius 2 is 2.05 bits per heavy atom. The molecule has 2 aromatic rings. The van der Waals surface area contributed by atoms with E-state index in [0.29, 0.717) is 22.7 Å². The number of carbonyl (C=O) groups excluding carboxylic acids is 1. The number of nitrogens with one attached hydrogen (secondary N) is 1. The standard InChI is InChI=1S/C16H13ClFNO2/c17-11-3-4-14(18)13(8-11)15(20)10-2-1-9-5-6-19-16(21)12(9)7-10/h1-4,7-8,15,20H,5-6H2,(H,19,21). The fourth-order valence-electron chi connectivity index (χ4n) is 2.50. The quantitative estimate of drug-likeness (QED) is 0.896. The molecule has 21 heavy (non-hydrogen) atoms. The fraction of sp³-hybridized carbons (Fsp3) is 0.188. The molecule has 1 heterocycles. The molecule has 0 aromatic heterocycles. The zero-order valence-electron chi connectivity index (χ0n) is 11.1. The number of aliphatic hydroxyl groups is 1. The average molecular weight is 306 g/mol. The Hall–Kier alpha value is -1.91. The largest absolute Gasteiger partial charge is 0.384 e. The maximum atomic E-state index is 13.8. The minimum Gasteiger partial charge on any atom is -0.384 e. The molecule has 3 rings (SSSR count). The first-order valence-electron chi connectivity index (χ1n) is 6.60. The number of amides is 1. The van der Waals surface area contributed by atoms with Gasteiger partial charge >= 0.3 is 0 Å². The number of halogens is 2. The highest BCUT2D eigenvalue weighted by atomic mass is 35.5. The van der Waals surface area contributed by atoms with Gasteiger partial charge in [0, 0.05) is 22.7 Å². The van der Waals surface area contributed by atoms with Crippen LogP contribution in [0.5, 0.6) is 0 Å². The maximum Gasteiger partial charge on any atom is 0.251 e. The number of aliphatic hydroxyl groups excluding tert-OH is 1. The third-order valence-corrected chi connectivity index (χ3v) is 3.86. The summed E-state index contributed by atoms with van der Waals surface area (Å²) in [5.41, 5.74) is 2.02. The van der Waals surface area contributed by atoms with Crippen LogP contribution in [0.1, 0.15) is 33.2 Å². The Morgan fingerprint density at radius 3 is 2.86 bits per heavy atom. The van der Waals surface area contributed by atoms with Crippen LogP contribution in [0.2, 0.25) is 5.02 Å². The van der Waals surface area contributed by atoms with Crippen molar-refractivity contribution in [3.8, 4) is 0 Å². The molecule has 1 aliphatic rings. The van der Waals surface area contributed by atoms with Gasteiger partial charge in [0.25, 0.3) is 5.91 Å². The number of carbonyl (C=O) groups is 1. The van der Waals surface area contributed by atoms with Crippen LogP contribution in [0.25, 0.3) is 0 Å². The number of hydrogen-bond acceptors (Lipinski definition) is 2. The zero-order valence-corrected chi connectivity index (χ0v) is 11.8. The minimum absolute atomic E-state index is 0.0960. The van der Waals surface area contributed by atoms with Crippen molar-refractivity contribution < 1.29 is 14.3 Å². The second kappa shape index (κ2) is 5.47. The third-order valence-electron chi connectivity index (χ3n) is 3.63. The van der Waals surface area contributed by atoms with E-state index in [9.17, 15) is 14.3 Å². The van der Waals surface area contributed by atoms with E-state index in [2.05, 4.69) is 5.32 Å². The molecule has 108 valence electrons. The summed E-state index contributed by atoms with van der Waals surface area (Å²) in [5, 5.41) is 13.5. The average Bonchev–Trinajstić information content (AvgIpc) is 2.49. The van der Waals surface area contributed by atoms with Gasteiger partial charge < -0.3 is 10.4 Å². The van der Waals surface area contributed by atoms with Crippen LogP contribution in [0.3, 0.4) is 0 Å². The first-order chi connectivity index (χ1) is 10.1. The molecule has 1 aliphatic heterocycles. The topological polar surface area (TPSA) is 49.3 Å². The Kier molecular flexibility index (Phi) is 3.66. The van der Waals surface area contributed by atoms with E-state index in [0.717, 1.165) is 12.0 Å². The van der Waals surface area contributed by atoms with E-state index < -0.39 is 11.9 Å². The summed E-state index contributed by atoms with van der Waals surface area (Å²) in [6.07, 6.45) is -0.410. The lowest BCUT2D eigenvalue weighted by Crippen LogP contribution is -2.31. The zero-order chi connectivity index (χ0) is 15.0. The summed E-state index contributed by atoms with van der Waals surface area (Å²) in [6, 6.07) is 9.15. The summed E-state index contributed by atoms with van der Waals surface area (Å²) in [7, 11) is 0. The monoisotopic (exact) mass is 305 g/mol. The van der Waals surface area contributed by atoms with Gasteiger partial charge in [-0.2, -0.15) is 0 Å². The Bertz CT molecular complexity index is 717. The van der Waals surface area contributed by atoms with Gasteiger partial charge in [0.2, 0.25) is 0 Å². The molecule has 0 saturated carbocycles. The van der Waals surface area contributed by atoms with Crippen LogP contribution in [0, 0.1) is 5.82 Å². The highest BCUT2D eigenvalue weighted by Crippen LogP contribution is 2.28. The van der Waals surface area contributed by atoms with Crippen molar-refractivity contribution in [3.05, 3.63) is 69.5 Å². The minimum atomic E-state index is -1.16. The van der Waals surface area contributed by atoms with Gasteiger partial charge in [0.1, 0.15) is 11.9 Å².